The number of aromatic nitrogens is 3. The van der Waals surface area contributed by atoms with E-state index in [0.717, 1.165) is 5.56 Å². The van der Waals surface area contributed by atoms with Crippen LogP contribution in [0.4, 0.5) is 4.39 Å². The Labute approximate surface area is 159 Å². The average Bonchev–Trinajstić information content (AvgIpc) is 2.67. The highest BCUT2D eigenvalue weighted by Gasteiger charge is 2.15. The zero-order valence-corrected chi connectivity index (χ0v) is 15.4. The Hall–Kier alpha value is -2.99. The van der Waals surface area contributed by atoms with Crippen molar-refractivity contribution in [2.45, 2.75) is 17.8 Å². The Morgan fingerprint density at radius 3 is 2.67 bits per heavy atom. The number of para-hydroxylation sites is 1. The summed E-state index contributed by atoms with van der Waals surface area (Å²) in [7, 11) is 0. The number of rotatable bonds is 4. The number of nitrogens with zero attached hydrogens (tertiary/aromatic N) is 3. The minimum atomic E-state index is -0.270. The van der Waals surface area contributed by atoms with Crippen molar-refractivity contribution in [2.24, 2.45) is 0 Å². The first-order chi connectivity index (χ1) is 13.1. The van der Waals surface area contributed by atoms with Crippen LogP contribution in [0.2, 0.25) is 0 Å². The molecule has 0 amide bonds. The summed E-state index contributed by atoms with van der Waals surface area (Å²) in [6.07, 6.45) is 1.66. The van der Waals surface area contributed by atoms with Crippen LogP contribution in [0.25, 0.3) is 16.7 Å². The molecule has 0 unspecified atom stereocenters. The van der Waals surface area contributed by atoms with Crippen molar-refractivity contribution in [1.82, 2.24) is 14.5 Å². The van der Waals surface area contributed by atoms with Gasteiger partial charge in [0.15, 0.2) is 5.16 Å². The summed E-state index contributed by atoms with van der Waals surface area (Å²) in [4.78, 5) is 22.1. The first-order valence-corrected chi connectivity index (χ1v) is 9.43. The molecule has 0 N–H and O–H groups in total. The van der Waals surface area contributed by atoms with Crippen LogP contribution in [-0.4, -0.2) is 14.5 Å². The highest BCUT2D eigenvalue weighted by molar-refractivity contribution is 7.98. The molecule has 2 heterocycles. The fraction of sp³-hybridized carbons (Fsp3) is 0.0952. The van der Waals surface area contributed by atoms with Crippen LogP contribution in [0, 0.1) is 12.7 Å². The molecule has 6 heteroatoms. The first kappa shape index (κ1) is 17.4. The molecule has 0 radical (unpaired) electrons. The maximum atomic E-state index is 14.0. The molecule has 0 aliphatic carbocycles. The molecular weight excluding hydrogens is 361 g/mol. The van der Waals surface area contributed by atoms with Crippen LogP contribution in [0.5, 0.6) is 0 Å². The lowest BCUT2D eigenvalue weighted by Crippen LogP contribution is -2.22. The maximum Gasteiger partial charge on any atom is 0.267 e. The normalized spacial score (nSPS) is 11.0. The molecule has 0 saturated heterocycles. The van der Waals surface area contributed by atoms with E-state index in [0.29, 0.717) is 33.2 Å². The standard InChI is InChI=1S/C21H16FN3OS/c1-14-10-11-23-19(12-14)25-20(26)16-7-3-5-9-18(16)24-21(25)27-13-15-6-2-4-8-17(15)22/h2-12H,13H2,1H3. The molecular formula is C21H16FN3OS. The van der Waals surface area contributed by atoms with Gasteiger partial charge in [0.05, 0.1) is 10.9 Å². The van der Waals surface area contributed by atoms with Crippen LogP contribution in [0.15, 0.2) is 76.8 Å². The van der Waals surface area contributed by atoms with E-state index in [1.165, 1.54) is 22.4 Å². The second-order valence-electron chi connectivity index (χ2n) is 6.12. The van der Waals surface area contributed by atoms with Gasteiger partial charge >= 0.3 is 0 Å². The van der Waals surface area contributed by atoms with Gasteiger partial charge in [-0.3, -0.25) is 4.79 Å². The quantitative estimate of drug-likeness (QED) is 0.387. The lowest BCUT2D eigenvalue weighted by Gasteiger charge is -2.13. The van der Waals surface area contributed by atoms with Crippen molar-refractivity contribution in [3.63, 3.8) is 0 Å². The molecule has 134 valence electrons. The van der Waals surface area contributed by atoms with Crippen molar-refractivity contribution in [1.29, 1.82) is 0 Å². The summed E-state index contributed by atoms with van der Waals surface area (Å²) < 4.78 is 15.5. The van der Waals surface area contributed by atoms with Gasteiger partial charge in [-0.05, 0) is 48.4 Å². The molecule has 4 nitrogen and oxygen atoms in total. The number of hydrogen-bond donors (Lipinski definition) is 0. The molecule has 0 aliphatic heterocycles. The average molecular weight is 377 g/mol. The molecule has 0 bridgehead atoms. The van der Waals surface area contributed by atoms with E-state index in [1.807, 2.05) is 31.2 Å². The van der Waals surface area contributed by atoms with Crippen LogP contribution in [0.3, 0.4) is 0 Å². The topological polar surface area (TPSA) is 47.8 Å². The van der Waals surface area contributed by atoms with Gasteiger partial charge in [-0.1, -0.05) is 42.1 Å². The third-order valence-electron chi connectivity index (χ3n) is 4.19. The smallest absolute Gasteiger partial charge is 0.267 e. The van der Waals surface area contributed by atoms with Crippen molar-refractivity contribution in [3.05, 3.63) is 94.2 Å². The van der Waals surface area contributed by atoms with E-state index >= 15 is 0 Å². The molecule has 0 spiro atoms. The number of thioether (sulfide) groups is 1. The SMILES string of the molecule is Cc1ccnc(-n2c(SCc3ccccc3F)nc3ccccc3c2=O)c1. The monoisotopic (exact) mass is 377 g/mol. The van der Waals surface area contributed by atoms with Crippen molar-refractivity contribution < 1.29 is 4.39 Å². The van der Waals surface area contributed by atoms with E-state index in [-0.39, 0.29) is 11.4 Å². The van der Waals surface area contributed by atoms with Crippen LogP contribution in [0.1, 0.15) is 11.1 Å². The summed E-state index contributed by atoms with van der Waals surface area (Å²) in [5, 5.41) is 1.01. The molecule has 4 aromatic rings. The van der Waals surface area contributed by atoms with Crippen LogP contribution >= 0.6 is 11.8 Å². The van der Waals surface area contributed by atoms with Crippen molar-refractivity contribution >= 4 is 22.7 Å². The predicted octanol–water partition coefficient (Wildman–Crippen LogP) is 4.52. The van der Waals surface area contributed by atoms with E-state index in [9.17, 15) is 9.18 Å². The lowest BCUT2D eigenvalue weighted by molar-refractivity contribution is 0.617. The van der Waals surface area contributed by atoms with Gasteiger partial charge in [0.1, 0.15) is 11.6 Å². The lowest BCUT2D eigenvalue weighted by atomic mass is 10.2. The van der Waals surface area contributed by atoms with Crippen molar-refractivity contribution in [2.75, 3.05) is 0 Å². The molecule has 0 atom stereocenters. The van der Waals surface area contributed by atoms with E-state index < -0.39 is 0 Å². The minimum Gasteiger partial charge on any atom is -0.268 e. The Kier molecular flexibility index (Phi) is 4.73. The summed E-state index contributed by atoms with van der Waals surface area (Å²) in [6.45, 7) is 1.94. The van der Waals surface area contributed by atoms with Crippen LogP contribution < -0.4 is 5.56 Å². The molecule has 4 rings (SSSR count). The molecule has 2 aromatic heterocycles. The number of halogens is 1. The van der Waals surface area contributed by atoms with Crippen LogP contribution in [-0.2, 0) is 5.75 Å². The third-order valence-corrected chi connectivity index (χ3v) is 5.18. The number of aryl methyl sites for hydroxylation is 1. The Balaban J connectivity index is 1.86. The Morgan fingerprint density at radius 1 is 1.07 bits per heavy atom. The predicted molar refractivity (Wildman–Crippen MR) is 106 cm³/mol. The number of hydrogen-bond acceptors (Lipinski definition) is 4. The summed E-state index contributed by atoms with van der Waals surface area (Å²) in [5.74, 6) is 0.603. The van der Waals surface area contributed by atoms with E-state index in [1.54, 1.807) is 36.5 Å². The zero-order valence-electron chi connectivity index (χ0n) is 14.6. The molecule has 27 heavy (non-hydrogen) atoms. The van der Waals surface area contributed by atoms with E-state index in [4.69, 9.17) is 0 Å². The summed E-state index contributed by atoms with van der Waals surface area (Å²) >= 11 is 1.32. The maximum absolute atomic E-state index is 14.0. The minimum absolute atomic E-state index is 0.185. The summed E-state index contributed by atoms with van der Waals surface area (Å²) in [6, 6.07) is 17.5. The van der Waals surface area contributed by atoms with Gasteiger partial charge in [-0.15, -0.1) is 0 Å². The second kappa shape index (κ2) is 7.32. The van der Waals surface area contributed by atoms with E-state index in [2.05, 4.69) is 9.97 Å². The highest BCUT2D eigenvalue weighted by atomic mass is 32.2. The van der Waals surface area contributed by atoms with Gasteiger partial charge < -0.3 is 0 Å². The zero-order chi connectivity index (χ0) is 18.8. The van der Waals surface area contributed by atoms with Gasteiger partial charge in [0.2, 0.25) is 0 Å². The van der Waals surface area contributed by atoms with Gasteiger partial charge in [-0.2, -0.15) is 0 Å². The van der Waals surface area contributed by atoms with Gasteiger partial charge in [0, 0.05) is 11.9 Å². The second-order valence-corrected chi connectivity index (χ2v) is 7.07. The Morgan fingerprint density at radius 2 is 1.85 bits per heavy atom. The third kappa shape index (κ3) is 3.48. The molecule has 0 aliphatic rings. The molecule has 2 aromatic carbocycles. The number of benzene rings is 2. The largest absolute Gasteiger partial charge is 0.268 e. The van der Waals surface area contributed by atoms with Gasteiger partial charge in [0.25, 0.3) is 5.56 Å². The number of fused-ring (bicyclic) bond motifs is 1. The first-order valence-electron chi connectivity index (χ1n) is 8.44. The molecule has 0 saturated carbocycles. The summed E-state index contributed by atoms with van der Waals surface area (Å²) in [5.41, 5.74) is 1.98. The van der Waals surface area contributed by atoms with Crippen molar-refractivity contribution in [3.8, 4) is 5.82 Å². The highest BCUT2D eigenvalue weighted by Crippen LogP contribution is 2.25. The Bertz CT molecular complexity index is 1190. The fourth-order valence-electron chi connectivity index (χ4n) is 2.81. The number of pyridine rings is 1. The molecule has 0 fully saturated rings. The fourth-order valence-corrected chi connectivity index (χ4v) is 3.80. The van der Waals surface area contributed by atoms with Gasteiger partial charge in [-0.25, -0.2) is 18.9 Å².